The molecule has 100 valence electrons. The van der Waals surface area contributed by atoms with Crippen LogP contribution in [0.15, 0.2) is 12.3 Å². The van der Waals surface area contributed by atoms with Crippen molar-refractivity contribution in [2.75, 3.05) is 6.54 Å². The summed E-state index contributed by atoms with van der Waals surface area (Å²) < 4.78 is 0. The minimum Gasteiger partial charge on any atom is -0.353 e. The number of aryl methyl sites for hydroxylation is 1. The van der Waals surface area contributed by atoms with Crippen LogP contribution in [0.5, 0.6) is 0 Å². The number of hydrogen-bond donors (Lipinski definition) is 2. The highest BCUT2D eigenvalue weighted by atomic mass is 16.1. The monoisotopic (exact) mass is 250 g/mol. The Hall–Kier alpha value is -1.49. The van der Waals surface area contributed by atoms with Crippen molar-refractivity contribution in [3.05, 3.63) is 23.8 Å². The maximum absolute atomic E-state index is 11.6. The molecule has 5 nitrogen and oxygen atoms in total. The van der Waals surface area contributed by atoms with E-state index in [0.717, 1.165) is 24.4 Å². The van der Waals surface area contributed by atoms with E-state index in [2.05, 4.69) is 27.5 Å². The molecular weight excluding hydrogens is 228 g/mol. The van der Waals surface area contributed by atoms with Crippen molar-refractivity contribution in [2.45, 2.75) is 46.2 Å². The summed E-state index contributed by atoms with van der Waals surface area (Å²) in [5, 5.41) is 6.02. The first-order valence-corrected chi connectivity index (χ1v) is 6.40. The quantitative estimate of drug-likeness (QED) is 0.762. The minimum atomic E-state index is 0.0294. The molecule has 1 rings (SSSR count). The van der Waals surface area contributed by atoms with E-state index in [4.69, 9.17) is 0 Å². The molecule has 0 fully saturated rings. The number of amides is 1. The van der Waals surface area contributed by atoms with Crippen molar-refractivity contribution in [1.82, 2.24) is 20.6 Å². The van der Waals surface area contributed by atoms with Crippen molar-refractivity contribution >= 4 is 5.91 Å². The van der Waals surface area contributed by atoms with Crippen LogP contribution in [-0.2, 0) is 11.3 Å². The SMILES string of the molecule is CCCC(C)NC(=O)CNCc1ccnc(C)n1. The molecule has 1 unspecified atom stereocenters. The molecule has 0 aliphatic carbocycles. The number of hydrogen-bond acceptors (Lipinski definition) is 4. The molecule has 1 heterocycles. The third-order valence-electron chi connectivity index (χ3n) is 2.55. The average molecular weight is 250 g/mol. The standard InChI is InChI=1S/C13H22N4O/c1-4-5-10(2)16-13(18)9-14-8-12-6-7-15-11(3)17-12/h6-7,10,14H,4-5,8-9H2,1-3H3,(H,16,18). The predicted octanol–water partition coefficient (Wildman–Crippen LogP) is 1.18. The van der Waals surface area contributed by atoms with Gasteiger partial charge in [-0.05, 0) is 26.3 Å². The maximum Gasteiger partial charge on any atom is 0.234 e. The molecule has 0 aromatic carbocycles. The molecule has 0 radical (unpaired) electrons. The van der Waals surface area contributed by atoms with Gasteiger partial charge in [0.1, 0.15) is 5.82 Å². The largest absolute Gasteiger partial charge is 0.353 e. The molecule has 0 saturated carbocycles. The fourth-order valence-corrected chi connectivity index (χ4v) is 1.74. The highest BCUT2D eigenvalue weighted by molar-refractivity contribution is 5.78. The van der Waals surface area contributed by atoms with Gasteiger partial charge < -0.3 is 10.6 Å². The van der Waals surface area contributed by atoms with E-state index < -0.39 is 0 Å². The smallest absolute Gasteiger partial charge is 0.234 e. The maximum atomic E-state index is 11.6. The Morgan fingerprint density at radius 3 is 2.94 bits per heavy atom. The van der Waals surface area contributed by atoms with Gasteiger partial charge in [0, 0.05) is 18.8 Å². The second kappa shape index (κ2) is 7.76. The van der Waals surface area contributed by atoms with Crippen LogP contribution in [0.4, 0.5) is 0 Å². The number of rotatable bonds is 7. The molecule has 1 aromatic rings. The first-order chi connectivity index (χ1) is 8.61. The third kappa shape index (κ3) is 5.72. The molecule has 0 aliphatic rings. The Labute approximate surface area is 108 Å². The normalized spacial score (nSPS) is 12.2. The van der Waals surface area contributed by atoms with Gasteiger partial charge in [0.25, 0.3) is 0 Å². The second-order valence-corrected chi connectivity index (χ2v) is 4.46. The van der Waals surface area contributed by atoms with Crippen molar-refractivity contribution < 1.29 is 4.79 Å². The van der Waals surface area contributed by atoms with Crippen molar-refractivity contribution in [2.24, 2.45) is 0 Å². The fourth-order valence-electron chi connectivity index (χ4n) is 1.74. The number of carbonyl (C=O) groups excluding carboxylic acids is 1. The Morgan fingerprint density at radius 2 is 2.28 bits per heavy atom. The zero-order valence-corrected chi connectivity index (χ0v) is 11.4. The minimum absolute atomic E-state index is 0.0294. The summed E-state index contributed by atoms with van der Waals surface area (Å²) in [6.07, 6.45) is 3.81. The summed E-state index contributed by atoms with van der Waals surface area (Å²) in [4.78, 5) is 19.9. The lowest BCUT2D eigenvalue weighted by Gasteiger charge is -2.12. The Kier molecular flexibility index (Phi) is 6.28. The number of nitrogens with zero attached hydrogens (tertiary/aromatic N) is 2. The topological polar surface area (TPSA) is 66.9 Å². The fraction of sp³-hybridized carbons (Fsp3) is 0.615. The van der Waals surface area contributed by atoms with Gasteiger partial charge in [-0.1, -0.05) is 13.3 Å². The molecule has 0 aliphatic heterocycles. The molecule has 2 N–H and O–H groups in total. The van der Waals surface area contributed by atoms with E-state index in [0.29, 0.717) is 13.1 Å². The van der Waals surface area contributed by atoms with Gasteiger partial charge >= 0.3 is 0 Å². The first kappa shape index (κ1) is 14.6. The molecular formula is C13H22N4O. The molecule has 5 heteroatoms. The van der Waals surface area contributed by atoms with Crippen LogP contribution < -0.4 is 10.6 Å². The van der Waals surface area contributed by atoms with Gasteiger partial charge in [-0.25, -0.2) is 9.97 Å². The van der Waals surface area contributed by atoms with Crippen LogP contribution in [-0.4, -0.2) is 28.5 Å². The first-order valence-electron chi connectivity index (χ1n) is 6.40. The zero-order chi connectivity index (χ0) is 13.4. The summed E-state index contributed by atoms with van der Waals surface area (Å²) in [5.41, 5.74) is 0.900. The zero-order valence-electron chi connectivity index (χ0n) is 11.4. The molecule has 1 aromatic heterocycles. The predicted molar refractivity (Wildman–Crippen MR) is 71.0 cm³/mol. The summed E-state index contributed by atoms with van der Waals surface area (Å²) in [5.74, 6) is 0.775. The summed E-state index contributed by atoms with van der Waals surface area (Å²) in [7, 11) is 0. The molecule has 0 bridgehead atoms. The van der Waals surface area contributed by atoms with Crippen molar-refractivity contribution in [3.63, 3.8) is 0 Å². The summed E-state index contributed by atoms with van der Waals surface area (Å²) in [6, 6.07) is 2.09. The number of aromatic nitrogens is 2. The van der Waals surface area contributed by atoms with Gasteiger partial charge in [-0.15, -0.1) is 0 Å². The number of carbonyl (C=O) groups is 1. The molecule has 0 saturated heterocycles. The van der Waals surface area contributed by atoms with Crippen LogP contribution >= 0.6 is 0 Å². The van der Waals surface area contributed by atoms with E-state index in [9.17, 15) is 4.79 Å². The molecule has 0 spiro atoms. The van der Waals surface area contributed by atoms with Gasteiger partial charge in [-0.3, -0.25) is 4.79 Å². The van der Waals surface area contributed by atoms with E-state index in [-0.39, 0.29) is 11.9 Å². The van der Waals surface area contributed by atoms with Gasteiger partial charge in [-0.2, -0.15) is 0 Å². The second-order valence-electron chi connectivity index (χ2n) is 4.46. The van der Waals surface area contributed by atoms with Crippen molar-refractivity contribution in [3.8, 4) is 0 Å². The van der Waals surface area contributed by atoms with Crippen LogP contribution in [0, 0.1) is 6.92 Å². The average Bonchev–Trinajstić information content (AvgIpc) is 2.29. The van der Waals surface area contributed by atoms with E-state index >= 15 is 0 Å². The van der Waals surface area contributed by atoms with Gasteiger partial charge in [0.2, 0.25) is 5.91 Å². The van der Waals surface area contributed by atoms with Gasteiger partial charge in [0.05, 0.1) is 12.2 Å². The van der Waals surface area contributed by atoms with E-state index in [1.807, 2.05) is 19.9 Å². The van der Waals surface area contributed by atoms with E-state index in [1.165, 1.54) is 0 Å². The Balaban J connectivity index is 2.23. The third-order valence-corrected chi connectivity index (χ3v) is 2.55. The summed E-state index contributed by atoms with van der Waals surface area (Å²) in [6.45, 7) is 6.88. The highest BCUT2D eigenvalue weighted by Crippen LogP contribution is 1.95. The van der Waals surface area contributed by atoms with Crippen LogP contribution in [0.1, 0.15) is 38.2 Å². The lowest BCUT2D eigenvalue weighted by atomic mass is 10.2. The molecule has 1 amide bonds. The lowest BCUT2D eigenvalue weighted by Crippen LogP contribution is -2.38. The highest BCUT2D eigenvalue weighted by Gasteiger charge is 2.05. The van der Waals surface area contributed by atoms with Crippen molar-refractivity contribution in [1.29, 1.82) is 0 Å². The lowest BCUT2D eigenvalue weighted by molar-refractivity contribution is -0.120. The van der Waals surface area contributed by atoms with E-state index in [1.54, 1.807) is 6.20 Å². The molecule has 1 atom stereocenters. The van der Waals surface area contributed by atoms with Crippen LogP contribution in [0.2, 0.25) is 0 Å². The summed E-state index contributed by atoms with van der Waals surface area (Å²) >= 11 is 0. The Bertz CT molecular complexity index is 381. The number of nitrogens with one attached hydrogen (secondary N) is 2. The molecule has 18 heavy (non-hydrogen) atoms. The Morgan fingerprint density at radius 1 is 1.50 bits per heavy atom. The van der Waals surface area contributed by atoms with Crippen LogP contribution in [0.3, 0.4) is 0 Å². The van der Waals surface area contributed by atoms with Crippen LogP contribution in [0.25, 0.3) is 0 Å². The van der Waals surface area contributed by atoms with Gasteiger partial charge in [0.15, 0.2) is 0 Å².